The summed E-state index contributed by atoms with van der Waals surface area (Å²) < 4.78 is 0. The van der Waals surface area contributed by atoms with Gasteiger partial charge < -0.3 is 5.32 Å². The summed E-state index contributed by atoms with van der Waals surface area (Å²) in [6.07, 6.45) is 4.55. The standard InChI is InChI=1S/C14H17N3S/c1-10-16-12(9-18-10)7-8-15-14-6-5-11-3-2-4-13(11)17-14/h5-6,9H,2-4,7-8H2,1H3,(H,15,17). The number of anilines is 1. The van der Waals surface area contributed by atoms with E-state index in [-0.39, 0.29) is 0 Å². The maximum absolute atomic E-state index is 4.66. The molecule has 2 heterocycles. The highest BCUT2D eigenvalue weighted by Gasteiger charge is 2.12. The summed E-state index contributed by atoms with van der Waals surface area (Å²) in [7, 11) is 0. The van der Waals surface area contributed by atoms with E-state index >= 15 is 0 Å². The third-order valence-electron chi connectivity index (χ3n) is 3.28. The van der Waals surface area contributed by atoms with Crippen LogP contribution in [0.4, 0.5) is 5.82 Å². The Morgan fingerprint density at radius 2 is 2.22 bits per heavy atom. The number of hydrogen-bond acceptors (Lipinski definition) is 4. The van der Waals surface area contributed by atoms with E-state index in [0.717, 1.165) is 30.2 Å². The topological polar surface area (TPSA) is 37.8 Å². The number of nitrogens with one attached hydrogen (secondary N) is 1. The number of pyridine rings is 1. The third-order valence-corrected chi connectivity index (χ3v) is 4.10. The summed E-state index contributed by atoms with van der Waals surface area (Å²) >= 11 is 1.71. The van der Waals surface area contributed by atoms with Crippen LogP contribution in [0.2, 0.25) is 0 Å². The highest BCUT2D eigenvalue weighted by atomic mass is 32.1. The number of fused-ring (bicyclic) bond motifs is 1. The number of aryl methyl sites for hydroxylation is 3. The number of nitrogens with zero attached hydrogens (tertiary/aromatic N) is 2. The van der Waals surface area contributed by atoms with Crippen molar-refractivity contribution in [1.29, 1.82) is 0 Å². The SMILES string of the molecule is Cc1nc(CCNc2ccc3c(n2)CCC3)cs1. The van der Waals surface area contributed by atoms with Crippen LogP contribution in [0.25, 0.3) is 0 Å². The van der Waals surface area contributed by atoms with Gasteiger partial charge in [0.25, 0.3) is 0 Å². The van der Waals surface area contributed by atoms with Crippen LogP contribution < -0.4 is 5.32 Å². The molecule has 0 unspecified atom stereocenters. The highest BCUT2D eigenvalue weighted by molar-refractivity contribution is 7.09. The molecule has 0 spiro atoms. The van der Waals surface area contributed by atoms with Crippen molar-refractivity contribution in [3.63, 3.8) is 0 Å². The first-order valence-electron chi connectivity index (χ1n) is 6.45. The van der Waals surface area contributed by atoms with Gasteiger partial charge in [0, 0.05) is 24.0 Å². The summed E-state index contributed by atoms with van der Waals surface area (Å²) in [6, 6.07) is 4.31. The lowest BCUT2D eigenvalue weighted by atomic mass is 10.2. The number of rotatable bonds is 4. The van der Waals surface area contributed by atoms with Gasteiger partial charge in [-0.1, -0.05) is 6.07 Å². The molecule has 18 heavy (non-hydrogen) atoms. The van der Waals surface area contributed by atoms with Gasteiger partial charge in [-0.15, -0.1) is 11.3 Å². The van der Waals surface area contributed by atoms with Crippen molar-refractivity contribution >= 4 is 17.2 Å². The summed E-state index contributed by atoms with van der Waals surface area (Å²) in [5.41, 5.74) is 3.88. The van der Waals surface area contributed by atoms with Crippen LogP contribution in [-0.2, 0) is 19.3 Å². The molecule has 3 rings (SSSR count). The Morgan fingerprint density at radius 1 is 1.28 bits per heavy atom. The molecule has 0 fully saturated rings. The maximum Gasteiger partial charge on any atom is 0.126 e. The van der Waals surface area contributed by atoms with Gasteiger partial charge in [-0.3, -0.25) is 0 Å². The number of aromatic nitrogens is 2. The first kappa shape index (κ1) is 11.7. The molecular weight excluding hydrogens is 242 g/mol. The van der Waals surface area contributed by atoms with Crippen molar-refractivity contribution in [1.82, 2.24) is 9.97 Å². The van der Waals surface area contributed by atoms with Crippen molar-refractivity contribution in [2.45, 2.75) is 32.6 Å². The molecule has 2 aromatic rings. The first-order chi connectivity index (χ1) is 8.81. The summed E-state index contributed by atoms with van der Waals surface area (Å²) in [5, 5.41) is 6.66. The Labute approximate surface area is 111 Å². The van der Waals surface area contributed by atoms with E-state index < -0.39 is 0 Å². The van der Waals surface area contributed by atoms with Crippen LogP contribution >= 0.6 is 11.3 Å². The fraction of sp³-hybridized carbons (Fsp3) is 0.429. The van der Waals surface area contributed by atoms with Gasteiger partial charge in [-0.2, -0.15) is 0 Å². The summed E-state index contributed by atoms with van der Waals surface area (Å²) in [5.74, 6) is 1.00. The minimum absolute atomic E-state index is 0.898. The Balaban J connectivity index is 1.57. The van der Waals surface area contributed by atoms with Gasteiger partial charge in [0.05, 0.1) is 10.7 Å². The lowest BCUT2D eigenvalue weighted by Crippen LogP contribution is -2.07. The normalized spacial score (nSPS) is 13.6. The predicted octanol–water partition coefficient (Wildman–Crippen LogP) is 2.99. The van der Waals surface area contributed by atoms with E-state index in [1.807, 2.05) is 6.92 Å². The van der Waals surface area contributed by atoms with E-state index in [9.17, 15) is 0 Å². The van der Waals surface area contributed by atoms with E-state index in [2.05, 4.69) is 32.8 Å². The molecule has 1 aliphatic rings. The molecule has 0 bridgehead atoms. The van der Waals surface area contributed by atoms with Gasteiger partial charge in [0.2, 0.25) is 0 Å². The van der Waals surface area contributed by atoms with Gasteiger partial charge in [-0.25, -0.2) is 9.97 Å². The van der Waals surface area contributed by atoms with Crippen molar-refractivity contribution in [3.8, 4) is 0 Å². The molecular formula is C14H17N3S. The maximum atomic E-state index is 4.66. The average Bonchev–Trinajstić information content (AvgIpc) is 2.97. The predicted molar refractivity (Wildman–Crippen MR) is 75.3 cm³/mol. The smallest absolute Gasteiger partial charge is 0.126 e. The fourth-order valence-corrected chi connectivity index (χ4v) is 3.01. The molecule has 94 valence electrons. The molecule has 2 aromatic heterocycles. The van der Waals surface area contributed by atoms with Crippen molar-refractivity contribution < 1.29 is 0 Å². The molecule has 0 amide bonds. The Kier molecular flexibility index (Phi) is 3.28. The first-order valence-corrected chi connectivity index (χ1v) is 7.33. The van der Waals surface area contributed by atoms with Gasteiger partial charge >= 0.3 is 0 Å². The molecule has 1 N–H and O–H groups in total. The van der Waals surface area contributed by atoms with Gasteiger partial charge in [0.1, 0.15) is 5.82 Å². The summed E-state index contributed by atoms with van der Waals surface area (Å²) in [6.45, 7) is 2.94. The van der Waals surface area contributed by atoms with E-state index in [1.165, 1.54) is 29.8 Å². The zero-order chi connectivity index (χ0) is 12.4. The van der Waals surface area contributed by atoms with Crippen LogP contribution in [0.5, 0.6) is 0 Å². The summed E-state index contributed by atoms with van der Waals surface area (Å²) in [4.78, 5) is 9.12. The van der Waals surface area contributed by atoms with E-state index in [0.29, 0.717) is 0 Å². The third kappa shape index (κ3) is 2.53. The Bertz CT molecular complexity index is 548. The average molecular weight is 259 g/mol. The number of hydrogen-bond donors (Lipinski definition) is 1. The molecule has 1 aliphatic carbocycles. The molecule has 0 saturated heterocycles. The Morgan fingerprint density at radius 3 is 3.06 bits per heavy atom. The molecule has 0 saturated carbocycles. The van der Waals surface area contributed by atoms with Crippen LogP contribution in [0, 0.1) is 6.92 Å². The van der Waals surface area contributed by atoms with Gasteiger partial charge in [-0.05, 0) is 37.8 Å². The molecule has 0 aliphatic heterocycles. The minimum atomic E-state index is 0.898. The quantitative estimate of drug-likeness (QED) is 0.917. The molecule has 0 atom stereocenters. The zero-order valence-electron chi connectivity index (χ0n) is 10.6. The Hall–Kier alpha value is -1.42. The van der Waals surface area contributed by atoms with Crippen LogP contribution in [0.3, 0.4) is 0 Å². The highest BCUT2D eigenvalue weighted by Crippen LogP contribution is 2.21. The number of thiazole rings is 1. The van der Waals surface area contributed by atoms with E-state index in [1.54, 1.807) is 11.3 Å². The lowest BCUT2D eigenvalue weighted by molar-refractivity contribution is 0.897. The van der Waals surface area contributed by atoms with Crippen molar-refractivity contribution in [2.24, 2.45) is 0 Å². The minimum Gasteiger partial charge on any atom is -0.370 e. The van der Waals surface area contributed by atoms with Crippen LogP contribution in [-0.4, -0.2) is 16.5 Å². The van der Waals surface area contributed by atoms with Crippen molar-refractivity contribution in [2.75, 3.05) is 11.9 Å². The van der Waals surface area contributed by atoms with Gasteiger partial charge in [0.15, 0.2) is 0 Å². The molecule has 3 nitrogen and oxygen atoms in total. The zero-order valence-corrected chi connectivity index (χ0v) is 11.4. The fourth-order valence-electron chi connectivity index (χ4n) is 2.36. The van der Waals surface area contributed by atoms with Crippen molar-refractivity contribution in [3.05, 3.63) is 39.5 Å². The second kappa shape index (κ2) is 5.06. The van der Waals surface area contributed by atoms with E-state index in [4.69, 9.17) is 0 Å². The molecule has 0 radical (unpaired) electrons. The second-order valence-electron chi connectivity index (χ2n) is 4.69. The second-order valence-corrected chi connectivity index (χ2v) is 5.75. The monoisotopic (exact) mass is 259 g/mol. The lowest BCUT2D eigenvalue weighted by Gasteiger charge is -2.06. The van der Waals surface area contributed by atoms with Crippen LogP contribution in [0.15, 0.2) is 17.5 Å². The molecule has 0 aromatic carbocycles. The largest absolute Gasteiger partial charge is 0.370 e. The molecule has 4 heteroatoms. The van der Waals surface area contributed by atoms with Crippen LogP contribution in [0.1, 0.15) is 28.4 Å².